The van der Waals surface area contributed by atoms with Crippen molar-refractivity contribution in [2.45, 2.75) is 62.9 Å². The van der Waals surface area contributed by atoms with Gasteiger partial charge in [-0.15, -0.1) is 0 Å². The molecule has 0 amide bonds. The summed E-state index contributed by atoms with van der Waals surface area (Å²) in [6.07, 6.45) is 12.3. The van der Waals surface area contributed by atoms with Gasteiger partial charge < -0.3 is 15.0 Å². The first-order valence-electron chi connectivity index (χ1n) is 11.8. The molecule has 0 aliphatic carbocycles. The van der Waals surface area contributed by atoms with Crippen molar-refractivity contribution in [3.05, 3.63) is 71.4 Å². The summed E-state index contributed by atoms with van der Waals surface area (Å²) in [5.74, 6) is 0. The van der Waals surface area contributed by atoms with Crippen LogP contribution in [0.4, 0.5) is 0 Å². The van der Waals surface area contributed by atoms with Crippen LogP contribution in [-0.4, -0.2) is 24.7 Å². The molecule has 1 fully saturated rings. The molecule has 158 valence electrons. The van der Waals surface area contributed by atoms with Crippen LogP contribution in [0.5, 0.6) is 0 Å². The number of aromatic nitrogens is 1. The van der Waals surface area contributed by atoms with Crippen LogP contribution < -0.4 is 5.32 Å². The van der Waals surface area contributed by atoms with Gasteiger partial charge in [-0.2, -0.15) is 0 Å². The lowest BCUT2D eigenvalue weighted by atomic mass is 9.70. The molecule has 2 N–H and O–H groups in total. The number of rotatable bonds is 7. The van der Waals surface area contributed by atoms with Crippen molar-refractivity contribution >= 4 is 10.9 Å². The van der Waals surface area contributed by atoms with Crippen molar-refractivity contribution in [1.82, 2.24) is 10.3 Å². The number of benzene rings is 2. The van der Waals surface area contributed by atoms with Gasteiger partial charge in [0.05, 0.1) is 12.7 Å². The Balaban J connectivity index is 1.12. The minimum atomic E-state index is 0.248. The van der Waals surface area contributed by atoms with Gasteiger partial charge in [0.2, 0.25) is 0 Å². The summed E-state index contributed by atoms with van der Waals surface area (Å²) in [6.45, 7) is 3.12. The number of ether oxygens (including phenoxy) is 1. The molecular formula is C27H34N2O. The van der Waals surface area contributed by atoms with Crippen LogP contribution in [0.25, 0.3) is 10.9 Å². The van der Waals surface area contributed by atoms with Crippen molar-refractivity contribution in [2.75, 3.05) is 19.7 Å². The van der Waals surface area contributed by atoms with Gasteiger partial charge in [-0.1, -0.05) is 61.7 Å². The number of H-pyrrole nitrogens is 1. The molecule has 1 spiro atoms. The smallest absolute Gasteiger partial charge is 0.0828 e. The average Bonchev–Trinajstić information content (AvgIpc) is 3.22. The molecular weight excluding hydrogens is 368 g/mol. The highest BCUT2D eigenvalue weighted by Gasteiger charge is 2.40. The summed E-state index contributed by atoms with van der Waals surface area (Å²) in [4.78, 5) is 3.40. The Hall–Kier alpha value is -2.10. The predicted octanol–water partition coefficient (Wildman–Crippen LogP) is 6.05. The maximum atomic E-state index is 6.48. The van der Waals surface area contributed by atoms with Crippen molar-refractivity contribution in [3.8, 4) is 0 Å². The highest BCUT2D eigenvalue weighted by Crippen LogP contribution is 2.44. The Morgan fingerprint density at radius 3 is 2.63 bits per heavy atom. The molecule has 1 unspecified atom stereocenters. The van der Waals surface area contributed by atoms with Gasteiger partial charge >= 0.3 is 0 Å². The maximum Gasteiger partial charge on any atom is 0.0828 e. The number of hydrogen-bond donors (Lipinski definition) is 2. The molecule has 1 atom stereocenters. The average molecular weight is 403 g/mol. The fourth-order valence-electron chi connectivity index (χ4n) is 5.58. The first-order valence-corrected chi connectivity index (χ1v) is 11.8. The van der Waals surface area contributed by atoms with Crippen molar-refractivity contribution in [3.63, 3.8) is 0 Å². The standard InChI is InChI=1S/C27H34N2O/c1(3-9-21-19-29-25-13-8-6-10-22(21)25)2-4-14-26-23-11-5-7-12-24(23)27(20-30-26)15-17-28-18-16-27/h5-8,10-13,19,26,28-29H,1-4,9,14-18,20H2. The van der Waals surface area contributed by atoms with Gasteiger partial charge in [-0.25, -0.2) is 0 Å². The van der Waals surface area contributed by atoms with Crippen LogP contribution in [0.3, 0.4) is 0 Å². The first kappa shape index (κ1) is 19.8. The summed E-state index contributed by atoms with van der Waals surface area (Å²) in [5, 5.41) is 4.90. The Morgan fingerprint density at radius 1 is 0.900 bits per heavy atom. The highest BCUT2D eigenvalue weighted by molar-refractivity contribution is 5.82. The Bertz CT molecular complexity index is 970. The van der Waals surface area contributed by atoms with E-state index in [1.807, 2.05) is 0 Å². The predicted molar refractivity (Wildman–Crippen MR) is 124 cm³/mol. The van der Waals surface area contributed by atoms with Gasteiger partial charge in [0, 0.05) is 22.5 Å². The molecule has 2 aliphatic rings. The van der Waals surface area contributed by atoms with Crippen LogP contribution >= 0.6 is 0 Å². The molecule has 0 saturated carbocycles. The van der Waals surface area contributed by atoms with E-state index in [0.717, 1.165) is 26.1 Å². The number of aromatic amines is 1. The largest absolute Gasteiger partial charge is 0.373 e. The second-order valence-corrected chi connectivity index (χ2v) is 9.23. The van der Waals surface area contributed by atoms with Crippen molar-refractivity contribution in [1.29, 1.82) is 0 Å². The Labute approximate surface area is 180 Å². The number of unbranched alkanes of at least 4 members (excludes halogenated alkanes) is 3. The van der Waals surface area contributed by atoms with Crippen LogP contribution in [0.2, 0.25) is 0 Å². The van der Waals surface area contributed by atoms with Gasteiger partial charge in [0.25, 0.3) is 0 Å². The van der Waals surface area contributed by atoms with Gasteiger partial charge in [-0.3, -0.25) is 0 Å². The van der Waals surface area contributed by atoms with E-state index in [9.17, 15) is 0 Å². The van der Waals surface area contributed by atoms with Crippen molar-refractivity contribution < 1.29 is 4.74 Å². The van der Waals surface area contributed by atoms with E-state index >= 15 is 0 Å². The van der Waals surface area contributed by atoms with Gasteiger partial charge in [0.1, 0.15) is 0 Å². The normalized spacial score (nSPS) is 20.5. The molecule has 1 aromatic heterocycles. The number of nitrogens with one attached hydrogen (secondary N) is 2. The van der Waals surface area contributed by atoms with E-state index in [4.69, 9.17) is 4.74 Å². The highest BCUT2D eigenvalue weighted by atomic mass is 16.5. The number of fused-ring (bicyclic) bond motifs is 3. The molecule has 0 radical (unpaired) electrons. The molecule has 1 saturated heterocycles. The summed E-state index contributed by atoms with van der Waals surface area (Å²) < 4.78 is 6.48. The molecule has 30 heavy (non-hydrogen) atoms. The second-order valence-electron chi connectivity index (χ2n) is 9.23. The third kappa shape index (κ3) is 3.93. The fourth-order valence-corrected chi connectivity index (χ4v) is 5.58. The van der Waals surface area contributed by atoms with Crippen LogP contribution in [-0.2, 0) is 16.6 Å². The van der Waals surface area contributed by atoms with E-state index in [1.165, 1.54) is 67.0 Å². The topological polar surface area (TPSA) is 37.0 Å². The number of aryl methyl sites for hydroxylation is 1. The van der Waals surface area contributed by atoms with Crippen LogP contribution in [0, 0.1) is 0 Å². The summed E-state index contributed by atoms with van der Waals surface area (Å²) in [5.41, 5.74) is 6.00. The van der Waals surface area contributed by atoms with E-state index < -0.39 is 0 Å². The first-order chi connectivity index (χ1) is 14.9. The third-order valence-electron chi connectivity index (χ3n) is 7.34. The number of hydrogen-bond acceptors (Lipinski definition) is 2. The third-order valence-corrected chi connectivity index (χ3v) is 7.34. The zero-order valence-corrected chi connectivity index (χ0v) is 18.0. The molecule has 2 aliphatic heterocycles. The van der Waals surface area contributed by atoms with E-state index in [0.29, 0.717) is 0 Å². The zero-order valence-electron chi connectivity index (χ0n) is 18.0. The second kappa shape index (κ2) is 8.95. The summed E-state index contributed by atoms with van der Waals surface area (Å²) in [7, 11) is 0. The molecule has 5 rings (SSSR count). The van der Waals surface area contributed by atoms with E-state index in [2.05, 4.69) is 65.0 Å². The number of piperidine rings is 1. The Kier molecular flexibility index (Phi) is 5.92. The minimum Gasteiger partial charge on any atom is -0.373 e. The summed E-state index contributed by atoms with van der Waals surface area (Å²) >= 11 is 0. The van der Waals surface area contributed by atoms with Gasteiger partial charge in [0.15, 0.2) is 0 Å². The number of para-hydroxylation sites is 1. The molecule has 2 aromatic carbocycles. The fraction of sp³-hybridized carbons (Fsp3) is 0.481. The lowest BCUT2D eigenvalue weighted by Gasteiger charge is -2.44. The lowest BCUT2D eigenvalue weighted by Crippen LogP contribution is -2.46. The van der Waals surface area contributed by atoms with Crippen LogP contribution in [0.15, 0.2) is 54.7 Å². The molecule has 0 bridgehead atoms. The van der Waals surface area contributed by atoms with Crippen LogP contribution in [0.1, 0.15) is 67.7 Å². The summed E-state index contributed by atoms with van der Waals surface area (Å²) in [6, 6.07) is 17.7. The molecule has 3 aromatic rings. The lowest BCUT2D eigenvalue weighted by molar-refractivity contribution is -0.0172. The maximum absolute atomic E-state index is 6.48. The SMILES string of the molecule is c1ccc2c(c1)C(CCCCCCc1c[nH]c3ccccc13)OCC21CCNCC1. The molecule has 3 heteroatoms. The van der Waals surface area contributed by atoms with E-state index in [-0.39, 0.29) is 11.5 Å². The van der Waals surface area contributed by atoms with Gasteiger partial charge in [-0.05, 0) is 68.0 Å². The monoisotopic (exact) mass is 402 g/mol. The van der Waals surface area contributed by atoms with E-state index in [1.54, 1.807) is 5.56 Å². The van der Waals surface area contributed by atoms with Crippen molar-refractivity contribution in [2.24, 2.45) is 0 Å². The molecule has 3 heterocycles. The molecule has 3 nitrogen and oxygen atoms in total. The minimum absolute atomic E-state index is 0.248. The Morgan fingerprint density at radius 2 is 1.70 bits per heavy atom. The quantitative estimate of drug-likeness (QED) is 0.472. The zero-order chi connectivity index (χ0) is 20.2.